The first kappa shape index (κ1) is 12.0. The quantitative estimate of drug-likeness (QED) is 0.729. The van der Waals surface area contributed by atoms with Crippen LogP contribution in [0.2, 0.25) is 0 Å². The Bertz CT molecular complexity index is 397. The average Bonchev–Trinajstić information content (AvgIpc) is 2.48. The Labute approximate surface area is 115 Å². The van der Waals surface area contributed by atoms with Crippen LogP contribution in [-0.2, 0) is 4.79 Å². The van der Waals surface area contributed by atoms with Gasteiger partial charge >= 0.3 is 0 Å². The second kappa shape index (κ2) is 4.34. The molecule has 1 amide bonds. The standard InChI is InChI=1S/C16H24N2O/c19-15(16-4-1-12(2-5-16)3-6-16)18-10-13-7-14(11-18)9-17-8-13/h1,4,12-14,17H,2-3,5-11H2. The summed E-state index contributed by atoms with van der Waals surface area (Å²) in [6.07, 6.45) is 10.5. The van der Waals surface area contributed by atoms with Crippen molar-refractivity contribution in [3.63, 3.8) is 0 Å². The highest BCUT2D eigenvalue weighted by Gasteiger charge is 2.46. The Morgan fingerprint density at radius 2 is 1.84 bits per heavy atom. The fourth-order valence-electron chi connectivity index (χ4n) is 4.71. The van der Waals surface area contributed by atoms with Crippen molar-refractivity contribution in [2.24, 2.45) is 23.2 Å². The molecule has 0 aromatic rings. The Balaban J connectivity index is 1.54. The lowest BCUT2D eigenvalue weighted by Gasteiger charge is -2.47. The van der Waals surface area contributed by atoms with E-state index in [0.717, 1.165) is 44.9 Å². The zero-order valence-corrected chi connectivity index (χ0v) is 11.6. The van der Waals surface area contributed by atoms with Gasteiger partial charge in [0.15, 0.2) is 0 Å². The molecule has 1 saturated carbocycles. The first-order valence-corrected chi connectivity index (χ1v) is 7.95. The van der Waals surface area contributed by atoms with Gasteiger partial charge in [-0.05, 0) is 62.9 Å². The lowest BCUT2D eigenvalue weighted by atomic mass is 9.64. The molecular formula is C16H24N2O. The predicted octanol–water partition coefficient (Wildman–Crippen LogP) is 1.80. The van der Waals surface area contributed by atoms with Gasteiger partial charge in [-0.25, -0.2) is 0 Å². The average molecular weight is 260 g/mol. The highest BCUT2D eigenvalue weighted by atomic mass is 16.2. The van der Waals surface area contributed by atoms with Gasteiger partial charge in [-0.15, -0.1) is 0 Å². The van der Waals surface area contributed by atoms with Crippen molar-refractivity contribution in [3.8, 4) is 0 Å². The smallest absolute Gasteiger partial charge is 0.232 e. The number of hydrogen-bond acceptors (Lipinski definition) is 2. The van der Waals surface area contributed by atoms with Crippen LogP contribution in [0.5, 0.6) is 0 Å². The summed E-state index contributed by atoms with van der Waals surface area (Å²) >= 11 is 0. The van der Waals surface area contributed by atoms with Crippen molar-refractivity contribution in [3.05, 3.63) is 12.2 Å². The highest BCUT2D eigenvalue weighted by Crippen LogP contribution is 2.47. The van der Waals surface area contributed by atoms with E-state index < -0.39 is 0 Å². The fraction of sp³-hybridized carbons (Fsp3) is 0.812. The summed E-state index contributed by atoms with van der Waals surface area (Å²) in [6.45, 7) is 4.18. The third-order valence-corrected chi connectivity index (χ3v) is 5.81. The number of likely N-dealkylation sites (tertiary alicyclic amines) is 1. The third-order valence-electron chi connectivity index (χ3n) is 5.81. The minimum absolute atomic E-state index is 0.117. The minimum Gasteiger partial charge on any atom is -0.341 e. The molecular weight excluding hydrogens is 236 g/mol. The second-order valence-electron chi connectivity index (χ2n) is 7.19. The maximum absolute atomic E-state index is 13.0. The SMILES string of the molecule is O=C(N1CC2CNCC(C2)C1)C12C=CC(CC1)CC2. The fourth-order valence-corrected chi connectivity index (χ4v) is 4.71. The van der Waals surface area contributed by atoms with Crippen molar-refractivity contribution < 1.29 is 4.79 Å². The Morgan fingerprint density at radius 3 is 2.42 bits per heavy atom. The molecule has 1 N–H and O–H groups in total. The molecule has 5 rings (SSSR count). The lowest BCUT2D eigenvalue weighted by molar-refractivity contribution is -0.145. The number of amides is 1. The molecule has 2 atom stereocenters. The molecule has 2 aliphatic heterocycles. The molecule has 19 heavy (non-hydrogen) atoms. The number of nitrogens with zero attached hydrogens (tertiary/aromatic N) is 1. The molecule has 3 aliphatic carbocycles. The zero-order chi connectivity index (χ0) is 12.9. The summed E-state index contributed by atoms with van der Waals surface area (Å²) in [7, 11) is 0. The van der Waals surface area contributed by atoms with E-state index in [4.69, 9.17) is 0 Å². The molecule has 0 aromatic heterocycles. The molecule has 3 nitrogen and oxygen atoms in total. The van der Waals surface area contributed by atoms with Crippen LogP contribution in [0, 0.1) is 23.2 Å². The Morgan fingerprint density at radius 1 is 1.16 bits per heavy atom. The number of carbonyl (C=O) groups excluding carboxylic acids is 1. The number of nitrogens with one attached hydrogen (secondary N) is 1. The van der Waals surface area contributed by atoms with E-state index in [1.165, 1.54) is 19.3 Å². The number of fused-ring (bicyclic) bond motifs is 4. The van der Waals surface area contributed by atoms with Crippen LogP contribution in [0.1, 0.15) is 32.1 Å². The van der Waals surface area contributed by atoms with Gasteiger partial charge in [-0.3, -0.25) is 4.79 Å². The third kappa shape index (κ3) is 1.94. The number of rotatable bonds is 1. The maximum Gasteiger partial charge on any atom is 0.232 e. The summed E-state index contributed by atoms with van der Waals surface area (Å²) in [5.41, 5.74) is -0.117. The largest absolute Gasteiger partial charge is 0.341 e. The van der Waals surface area contributed by atoms with Gasteiger partial charge in [0.1, 0.15) is 0 Å². The molecule has 5 aliphatic rings. The summed E-state index contributed by atoms with van der Waals surface area (Å²) < 4.78 is 0. The van der Waals surface area contributed by atoms with Crippen molar-refractivity contribution in [1.82, 2.24) is 10.2 Å². The monoisotopic (exact) mass is 260 g/mol. The van der Waals surface area contributed by atoms with Gasteiger partial charge in [0, 0.05) is 13.1 Å². The molecule has 2 heterocycles. The Kier molecular flexibility index (Phi) is 2.73. The molecule has 2 unspecified atom stereocenters. The van der Waals surface area contributed by atoms with Crippen LogP contribution in [0.25, 0.3) is 0 Å². The molecule has 104 valence electrons. The van der Waals surface area contributed by atoms with E-state index in [1.54, 1.807) is 0 Å². The van der Waals surface area contributed by atoms with Gasteiger partial charge in [0.25, 0.3) is 0 Å². The number of hydrogen-bond donors (Lipinski definition) is 1. The van der Waals surface area contributed by atoms with Crippen LogP contribution in [0.4, 0.5) is 0 Å². The van der Waals surface area contributed by atoms with Gasteiger partial charge in [0.2, 0.25) is 5.91 Å². The van der Waals surface area contributed by atoms with Gasteiger partial charge < -0.3 is 10.2 Å². The first-order chi connectivity index (χ1) is 9.25. The first-order valence-electron chi connectivity index (χ1n) is 7.95. The van der Waals surface area contributed by atoms with Crippen LogP contribution < -0.4 is 5.32 Å². The minimum atomic E-state index is -0.117. The van der Waals surface area contributed by atoms with Crippen LogP contribution in [-0.4, -0.2) is 37.0 Å². The van der Waals surface area contributed by atoms with E-state index in [1.807, 2.05) is 0 Å². The summed E-state index contributed by atoms with van der Waals surface area (Å²) in [5, 5.41) is 3.51. The van der Waals surface area contributed by atoms with Crippen molar-refractivity contribution >= 4 is 5.91 Å². The molecule has 0 aromatic carbocycles. The van der Waals surface area contributed by atoms with Gasteiger partial charge in [0.05, 0.1) is 5.41 Å². The lowest BCUT2D eigenvalue weighted by Crippen LogP contribution is -2.56. The zero-order valence-electron chi connectivity index (χ0n) is 11.6. The molecule has 0 spiro atoms. The van der Waals surface area contributed by atoms with E-state index in [0.29, 0.717) is 17.7 Å². The molecule has 2 saturated heterocycles. The van der Waals surface area contributed by atoms with Gasteiger partial charge in [-0.1, -0.05) is 12.2 Å². The Hall–Kier alpha value is -0.830. The van der Waals surface area contributed by atoms with E-state index >= 15 is 0 Å². The van der Waals surface area contributed by atoms with Crippen LogP contribution in [0.15, 0.2) is 12.2 Å². The van der Waals surface area contributed by atoms with E-state index in [9.17, 15) is 4.79 Å². The summed E-state index contributed by atoms with van der Waals surface area (Å²) in [5.74, 6) is 2.59. The normalized spacial score (nSPS) is 44.4. The molecule has 3 heteroatoms. The van der Waals surface area contributed by atoms with Crippen LogP contribution in [0.3, 0.4) is 0 Å². The summed E-state index contributed by atoms with van der Waals surface area (Å²) in [6, 6.07) is 0. The van der Waals surface area contributed by atoms with Crippen molar-refractivity contribution in [2.45, 2.75) is 32.1 Å². The molecule has 0 radical (unpaired) electrons. The maximum atomic E-state index is 13.0. The summed E-state index contributed by atoms with van der Waals surface area (Å²) in [4.78, 5) is 15.2. The van der Waals surface area contributed by atoms with E-state index in [2.05, 4.69) is 22.4 Å². The highest BCUT2D eigenvalue weighted by molar-refractivity contribution is 5.85. The number of carbonyl (C=O) groups is 1. The van der Waals surface area contributed by atoms with E-state index in [-0.39, 0.29) is 5.41 Å². The molecule has 4 bridgehead atoms. The predicted molar refractivity (Wildman–Crippen MR) is 74.6 cm³/mol. The van der Waals surface area contributed by atoms with Gasteiger partial charge in [-0.2, -0.15) is 0 Å². The topological polar surface area (TPSA) is 32.3 Å². The van der Waals surface area contributed by atoms with Crippen molar-refractivity contribution in [1.29, 1.82) is 0 Å². The van der Waals surface area contributed by atoms with Crippen LogP contribution >= 0.6 is 0 Å². The van der Waals surface area contributed by atoms with Crippen molar-refractivity contribution in [2.75, 3.05) is 26.2 Å². The molecule has 3 fully saturated rings. The second-order valence-corrected chi connectivity index (χ2v) is 7.19. The number of piperidine rings is 2. The number of allylic oxidation sites excluding steroid dienone is 1.